The molecular weight excluding hydrogens is 218 g/mol. The Hall–Kier alpha value is -1.71. The third-order valence-corrected chi connectivity index (χ3v) is 2.71. The van der Waals surface area contributed by atoms with Gasteiger partial charge in [-0.3, -0.25) is 0 Å². The molecule has 1 aromatic carbocycles. The first-order valence-electron chi connectivity index (χ1n) is 5.89. The highest BCUT2D eigenvalue weighted by molar-refractivity contribution is 5.78. The van der Waals surface area contributed by atoms with Crippen LogP contribution in [0.15, 0.2) is 18.2 Å². The molecule has 17 heavy (non-hydrogen) atoms. The van der Waals surface area contributed by atoms with Crippen molar-refractivity contribution in [3.63, 3.8) is 0 Å². The van der Waals surface area contributed by atoms with E-state index in [1.54, 1.807) is 13.8 Å². The predicted molar refractivity (Wildman–Crippen MR) is 65.4 cm³/mol. The van der Waals surface area contributed by atoms with E-state index in [-0.39, 0.29) is 12.0 Å². The van der Waals surface area contributed by atoms with Gasteiger partial charge in [-0.25, -0.2) is 4.79 Å². The molecule has 92 valence electrons. The Labute approximate surface area is 101 Å². The molecule has 0 radical (unpaired) electrons. The summed E-state index contributed by atoms with van der Waals surface area (Å²) in [7, 11) is 0. The molecule has 4 nitrogen and oxygen atoms in total. The molecule has 0 saturated carbocycles. The maximum Gasteiger partial charge on any atom is 0.328 e. The molecule has 0 spiro atoms. The van der Waals surface area contributed by atoms with Crippen LogP contribution in [0.1, 0.15) is 19.4 Å². The Balaban J connectivity index is 2.01. The summed E-state index contributed by atoms with van der Waals surface area (Å²) in [5.41, 5.74) is 2.11. The molecule has 0 fully saturated rings. The van der Waals surface area contributed by atoms with Crippen molar-refractivity contribution in [2.45, 2.75) is 26.3 Å². The molecule has 0 amide bonds. The number of anilines is 1. The zero-order valence-corrected chi connectivity index (χ0v) is 10.2. The lowest BCUT2D eigenvalue weighted by atomic mass is 10.1. The van der Waals surface area contributed by atoms with Gasteiger partial charge in [0.1, 0.15) is 11.8 Å². The molecule has 1 N–H and O–H groups in total. The van der Waals surface area contributed by atoms with E-state index < -0.39 is 0 Å². The Morgan fingerprint density at radius 3 is 3.18 bits per heavy atom. The van der Waals surface area contributed by atoms with Crippen molar-refractivity contribution in [2.24, 2.45) is 0 Å². The number of hydrogen-bond donors (Lipinski definition) is 1. The average Bonchev–Trinajstić information content (AvgIpc) is 2.76. The maximum absolute atomic E-state index is 11.5. The second kappa shape index (κ2) is 5.08. The first-order chi connectivity index (χ1) is 8.20. The summed E-state index contributed by atoms with van der Waals surface area (Å²) in [6.07, 6.45) is 0.929. The summed E-state index contributed by atoms with van der Waals surface area (Å²) in [4.78, 5) is 11.5. The Bertz CT molecular complexity index is 417. The Morgan fingerprint density at radius 1 is 1.59 bits per heavy atom. The fraction of sp³-hybridized carbons (Fsp3) is 0.462. The summed E-state index contributed by atoms with van der Waals surface area (Å²) in [6, 6.07) is 5.54. The van der Waals surface area contributed by atoms with Gasteiger partial charge >= 0.3 is 5.97 Å². The van der Waals surface area contributed by atoms with E-state index in [1.807, 2.05) is 18.2 Å². The molecule has 1 aliphatic rings. The lowest BCUT2D eigenvalue weighted by Gasteiger charge is -2.14. The number of esters is 1. The van der Waals surface area contributed by atoms with Gasteiger partial charge in [0.2, 0.25) is 0 Å². The van der Waals surface area contributed by atoms with Crippen molar-refractivity contribution in [3.8, 4) is 5.75 Å². The molecule has 0 aromatic heterocycles. The summed E-state index contributed by atoms with van der Waals surface area (Å²) >= 11 is 0. The van der Waals surface area contributed by atoms with Crippen molar-refractivity contribution in [2.75, 3.05) is 18.5 Å². The zero-order valence-electron chi connectivity index (χ0n) is 10.2. The van der Waals surface area contributed by atoms with Gasteiger partial charge in [-0.2, -0.15) is 0 Å². The number of hydrogen-bond acceptors (Lipinski definition) is 4. The first-order valence-corrected chi connectivity index (χ1v) is 5.89. The molecule has 4 heteroatoms. The van der Waals surface area contributed by atoms with Crippen LogP contribution >= 0.6 is 0 Å². The van der Waals surface area contributed by atoms with Crippen LogP contribution in [0, 0.1) is 0 Å². The van der Waals surface area contributed by atoms with Crippen molar-refractivity contribution in [1.29, 1.82) is 0 Å². The third kappa shape index (κ3) is 2.70. The zero-order chi connectivity index (χ0) is 12.3. The van der Waals surface area contributed by atoms with E-state index in [1.165, 1.54) is 5.56 Å². The van der Waals surface area contributed by atoms with Crippen molar-refractivity contribution in [1.82, 2.24) is 0 Å². The minimum atomic E-state index is -0.338. The van der Waals surface area contributed by atoms with Gasteiger partial charge in [0.05, 0.1) is 13.2 Å². The molecule has 2 rings (SSSR count). The first kappa shape index (κ1) is 11.8. The second-order valence-corrected chi connectivity index (χ2v) is 4.04. The number of fused-ring (bicyclic) bond motifs is 1. The van der Waals surface area contributed by atoms with Gasteiger partial charge in [0.15, 0.2) is 0 Å². The van der Waals surface area contributed by atoms with Gasteiger partial charge in [-0.15, -0.1) is 0 Å². The number of rotatable bonds is 4. The predicted octanol–water partition coefficient (Wildman–Crippen LogP) is 1.98. The van der Waals surface area contributed by atoms with E-state index in [0.717, 1.165) is 24.5 Å². The third-order valence-electron chi connectivity index (χ3n) is 2.71. The van der Waals surface area contributed by atoms with Crippen LogP contribution in [-0.4, -0.2) is 25.2 Å². The average molecular weight is 235 g/mol. The lowest BCUT2D eigenvalue weighted by molar-refractivity contribution is -0.143. The molecule has 1 atom stereocenters. The smallest absolute Gasteiger partial charge is 0.328 e. The molecular formula is C13H17NO3. The molecule has 0 bridgehead atoms. The van der Waals surface area contributed by atoms with E-state index >= 15 is 0 Å². The molecule has 1 heterocycles. The summed E-state index contributed by atoms with van der Waals surface area (Å²) in [6.45, 7) is 4.74. The Morgan fingerprint density at radius 2 is 2.41 bits per heavy atom. The normalized spacial score (nSPS) is 14.7. The van der Waals surface area contributed by atoms with E-state index in [4.69, 9.17) is 9.47 Å². The summed E-state index contributed by atoms with van der Waals surface area (Å²) in [5.74, 6) is 0.712. The second-order valence-electron chi connectivity index (χ2n) is 4.04. The quantitative estimate of drug-likeness (QED) is 0.811. The van der Waals surface area contributed by atoms with Crippen LogP contribution in [0.2, 0.25) is 0 Å². The topological polar surface area (TPSA) is 47.6 Å². The monoisotopic (exact) mass is 235 g/mol. The standard InChI is InChI=1S/C13H17NO3/c1-3-16-13(15)9(2)14-11-4-5-12-10(8-11)6-7-17-12/h4-5,8-9,14H,3,6-7H2,1-2H3. The van der Waals surface area contributed by atoms with Gasteiger partial charge in [-0.1, -0.05) is 0 Å². The number of ether oxygens (including phenoxy) is 2. The van der Waals surface area contributed by atoms with Crippen LogP contribution < -0.4 is 10.1 Å². The SMILES string of the molecule is CCOC(=O)C(C)Nc1ccc2c(c1)CCO2. The molecule has 1 aliphatic heterocycles. The van der Waals surface area contributed by atoms with Crippen LogP contribution in [-0.2, 0) is 16.0 Å². The number of benzene rings is 1. The van der Waals surface area contributed by atoms with Crippen LogP contribution in [0.5, 0.6) is 5.75 Å². The van der Waals surface area contributed by atoms with E-state index in [2.05, 4.69) is 5.32 Å². The van der Waals surface area contributed by atoms with Crippen molar-refractivity contribution >= 4 is 11.7 Å². The fourth-order valence-corrected chi connectivity index (χ4v) is 1.85. The lowest BCUT2D eigenvalue weighted by Crippen LogP contribution is -2.28. The van der Waals surface area contributed by atoms with Crippen LogP contribution in [0.25, 0.3) is 0 Å². The van der Waals surface area contributed by atoms with Gasteiger partial charge in [0.25, 0.3) is 0 Å². The van der Waals surface area contributed by atoms with Crippen LogP contribution in [0.3, 0.4) is 0 Å². The minimum Gasteiger partial charge on any atom is -0.493 e. The maximum atomic E-state index is 11.5. The number of nitrogens with one attached hydrogen (secondary N) is 1. The minimum absolute atomic E-state index is 0.232. The van der Waals surface area contributed by atoms with Crippen LogP contribution in [0.4, 0.5) is 5.69 Å². The summed E-state index contributed by atoms with van der Waals surface area (Å²) in [5, 5.41) is 3.13. The van der Waals surface area contributed by atoms with Crippen molar-refractivity contribution in [3.05, 3.63) is 23.8 Å². The highest BCUT2D eigenvalue weighted by Crippen LogP contribution is 2.28. The highest BCUT2D eigenvalue weighted by Gasteiger charge is 2.16. The fourth-order valence-electron chi connectivity index (χ4n) is 1.85. The largest absolute Gasteiger partial charge is 0.493 e. The Kier molecular flexibility index (Phi) is 3.52. The molecule has 1 aromatic rings. The molecule has 1 unspecified atom stereocenters. The van der Waals surface area contributed by atoms with Gasteiger partial charge < -0.3 is 14.8 Å². The van der Waals surface area contributed by atoms with Gasteiger partial charge in [-0.05, 0) is 37.6 Å². The van der Waals surface area contributed by atoms with E-state index in [9.17, 15) is 4.79 Å². The highest BCUT2D eigenvalue weighted by atomic mass is 16.5. The molecule has 0 aliphatic carbocycles. The molecule has 0 saturated heterocycles. The number of carbonyl (C=O) groups excluding carboxylic acids is 1. The van der Waals surface area contributed by atoms with Gasteiger partial charge in [0, 0.05) is 12.1 Å². The van der Waals surface area contributed by atoms with Crippen molar-refractivity contribution < 1.29 is 14.3 Å². The summed E-state index contributed by atoms with van der Waals surface area (Å²) < 4.78 is 10.4. The number of carbonyl (C=O) groups is 1. The van der Waals surface area contributed by atoms with E-state index in [0.29, 0.717) is 6.61 Å².